The number of hydrogen-bond acceptors (Lipinski definition) is 3. The second kappa shape index (κ2) is 5.68. The molecule has 0 bridgehead atoms. The monoisotopic (exact) mass is 284 g/mol. The van der Waals surface area contributed by atoms with Crippen LogP contribution in [-0.2, 0) is 7.05 Å². The molecule has 1 aliphatic rings. The van der Waals surface area contributed by atoms with Crippen molar-refractivity contribution in [3.8, 4) is 0 Å². The first-order valence-corrected chi connectivity index (χ1v) is 7.33. The number of likely N-dealkylation sites (tertiary alicyclic amines) is 1. The van der Waals surface area contributed by atoms with Gasteiger partial charge in [-0.3, -0.25) is 9.78 Å². The number of aryl methyl sites for hydroxylation is 2. The molecule has 1 aliphatic heterocycles. The molecule has 0 unspecified atom stereocenters. The van der Waals surface area contributed by atoms with Crippen molar-refractivity contribution in [2.45, 2.75) is 25.7 Å². The third-order valence-electron chi connectivity index (χ3n) is 4.22. The van der Waals surface area contributed by atoms with Gasteiger partial charge in [0.25, 0.3) is 5.91 Å². The number of pyridine rings is 1. The Kier molecular flexibility index (Phi) is 3.73. The summed E-state index contributed by atoms with van der Waals surface area (Å²) in [5.74, 6) is 0.587. The van der Waals surface area contributed by atoms with Crippen molar-refractivity contribution in [3.63, 3.8) is 0 Å². The molecule has 5 heteroatoms. The summed E-state index contributed by atoms with van der Waals surface area (Å²) in [6.45, 7) is 3.59. The molecule has 3 rings (SSSR count). The molecule has 3 heterocycles. The Bertz CT molecular complexity index is 624. The van der Waals surface area contributed by atoms with E-state index < -0.39 is 0 Å². The van der Waals surface area contributed by atoms with Gasteiger partial charge >= 0.3 is 0 Å². The molecule has 5 nitrogen and oxygen atoms in total. The largest absolute Gasteiger partial charge is 0.337 e. The van der Waals surface area contributed by atoms with Crippen LogP contribution in [0.1, 0.15) is 40.5 Å². The number of imidazole rings is 1. The summed E-state index contributed by atoms with van der Waals surface area (Å²) in [5, 5.41) is 0. The van der Waals surface area contributed by atoms with Crippen LogP contribution in [0.4, 0.5) is 0 Å². The highest BCUT2D eigenvalue weighted by Gasteiger charge is 2.25. The summed E-state index contributed by atoms with van der Waals surface area (Å²) in [6.07, 6.45) is 7.26. The van der Waals surface area contributed by atoms with Gasteiger partial charge in [0.2, 0.25) is 0 Å². The molecular formula is C16H20N4O. The van der Waals surface area contributed by atoms with Crippen molar-refractivity contribution < 1.29 is 4.79 Å². The highest BCUT2D eigenvalue weighted by Crippen LogP contribution is 2.28. The molecular weight excluding hydrogens is 264 g/mol. The van der Waals surface area contributed by atoms with E-state index in [1.807, 2.05) is 25.1 Å². The average molecular weight is 284 g/mol. The van der Waals surface area contributed by atoms with E-state index in [4.69, 9.17) is 0 Å². The molecule has 0 spiro atoms. The molecule has 0 saturated carbocycles. The minimum absolute atomic E-state index is 0.0791. The zero-order valence-electron chi connectivity index (χ0n) is 12.5. The summed E-state index contributed by atoms with van der Waals surface area (Å²) >= 11 is 0. The molecule has 0 aliphatic carbocycles. The van der Waals surface area contributed by atoms with Crippen molar-refractivity contribution in [1.82, 2.24) is 19.4 Å². The smallest absolute Gasteiger partial charge is 0.272 e. The minimum Gasteiger partial charge on any atom is -0.337 e. The SMILES string of the molecule is Cc1ccc(C2CCN(C(=O)c3cncn3C)CC2)cn1. The van der Waals surface area contributed by atoms with Gasteiger partial charge in [0.05, 0.1) is 12.5 Å². The van der Waals surface area contributed by atoms with Crippen LogP contribution >= 0.6 is 0 Å². The first-order chi connectivity index (χ1) is 10.1. The maximum atomic E-state index is 12.4. The fraction of sp³-hybridized carbons (Fsp3) is 0.438. The minimum atomic E-state index is 0.0791. The molecule has 110 valence electrons. The molecule has 21 heavy (non-hydrogen) atoms. The summed E-state index contributed by atoms with van der Waals surface area (Å²) in [5.41, 5.74) is 2.99. The van der Waals surface area contributed by atoms with Gasteiger partial charge in [-0.15, -0.1) is 0 Å². The van der Waals surface area contributed by atoms with Gasteiger partial charge in [-0.2, -0.15) is 0 Å². The third kappa shape index (κ3) is 2.82. The Labute approximate surface area is 124 Å². The van der Waals surface area contributed by atoms with E-state index in [0.717, 1.165) is 31.6 Å². The fourth-order valence-corrected chi connectivity index (χ4v) is 2.86. The number of carbonyl (C=O) groups excluding carboxylic acids is 1. The lowest BCUT2D eigenvalue weighted by Gasteiger charge is -2.32. The van der Waals surface area contributed by atoms with Crippen LogP contribution in [0.25, 0.3) is 0 Å². The quantitative estimate of drug-likeness (QED) is 0.849. The Morgan fingerprint density at radius 2 is 2.00 bits per heavy atom. The van der Waals surface area contributed by atoms with Crippen LogP contribution in [-0.4, -0.2) is 38.4 Å². The van der Waals surface area contributed by atoms with E-state index in [9.17, 15) is 4.79 Å². The number of piperidine rings is 1. The second-order valence-electron chi connectivity index (χ2n) is 5.69. The summed E-state index contributed by atoms with van der Waals surface area (Å²) in [6, 6.07) is 4.22. The lowest BCUT2D eigenvalue weighted by atomic mass is 9.90. The predicted molar refractivity (Wildman–Crippen MR) is 80.1 cm³/mol. The van der Waals surface area contributed by atoms with E-state index in [2.05, 4.69) is 22.1 Å². The van der Waals surface area contributed by atoms with Crippen LogP contribution in [0.3, 0.4) is 0 Å². The molecule has 0 radical (unpaired) electrons. The Balaban J connectivity index is 1.64. The highest BCUT2D eigenvalue weighted by atomic mass is 16.2. The van der Waals surface area contributed by atoms with Crippen LogP contribution < -0.4 is 0 Å². The lowest BCUT2D eigenvalue weighted by Crippen LogP contribution is -2.38. The van der Waals surface area contributed by atoms with Crippen molar-refractivity contribution in [2.75, 3.05) is 13.1 Å². The first-order valence-electron chi connectivity index (χ1n) is 7.33. The van der Waals surface area contributed by atoms with Crippen molar-refractivity contribution >= 4 is 5.91 Å². The van der Waals surface area contributed by atoms with E-state index in [1.165, 1.54) is 5.56 Å². The molecule has 1 saturated heterocycles. The van der Waals surface area contributed by atoms with Crippen LogP contribution in [0.15, 0.2) is 30.9 Å². The normalized spacial score (nSPS) is 16.2. The summed E-state index contributed by atoms with van der Waals surface area (Å²) in [7, 11) is 1.85. The zero-order chi connectivity index (χ0) is 14.8. The average Bonchev–Trinajstić information content (AvgIpc) is 2.94. The standard InChI is InChI=1S/C16H20N4O/c1-12-3-4-14(9-18-12)13-5-7-20(8-6-13)16(21)15-10-17-11-19(15)2/h3-4,9-11,13H,5-8H2,1-2H3. The number of nitrogens with zero attached hydrogens (tertiary/aromatic N) is 4. The highest BCUT2D eigenvalue weighted by molar-refractivity contribution is 5.92. The second-order valence-corrected chi connectivity index (χ2v) is 5.69. The topological polar surface area (TPSA) is 51.0 Å². The van der Waals surface area contributed by atoms with Gasteiger partial charge in [-0.25, -0.2) is 4.98 Å². The number of hydrogen-bond donors (Lipinski definition) is 0. The Hall–Kier alpha value is -2.17. The van der Waals surface area contributed by atoms with Gasteiger partial charge in [0, 0.05) is 32.0 Å². The van der Waals surface area contributed by atoms with Crippen molar-refractivity contribution in [1.29, 1.82) is 0 Å². The Morgan fingerprint density at radius 1 is 1.24 bits per heavy atom. The lowest BCUT2D eigenvalue weighted by molar-refractivity contribution is 0.0703. The van der Waals surface area contributed by atoms with Crippen LogP contribution in [0.2, 0.25) is 0 Å². The van der Waals surface area contributed by atoms with E-state index in [1.54, 1.807) is 17.1 Å². The van der Waals surface area contributed by atoms with Gasteiger partial charge in [-0.05, 0) is 37.3 Å². The molecule has 0 aromatic carbocycles. The van der Waals surface area contributed by atoms with Gasteiger partial charge < -0.3 is 9.47 Å². The fourth-order valence-electron chi connectivity index (χ4n) is 2.86. The number of rotatable bonds is 2. The Morgan fingerprint density at radius 3 is 2.57 bits per heavy atom. The predicted octanol–water partition coefficient (Wildman–Crippen LogP) is 2.14. The van der Waals surface area contributed by atoms with Crippen molar-refractivity contribution in [2.24, 2.45) is 7.05 Å². The number of aromatic nitrogens is 3. The molecule has 0 N–H and O–H groups in total. The van der Waals surface area contributed by atoms with Gasteiger partial charge in [-0.1, -0.05) is 6.07 Å². The van der Waals surface area contributed by atoms with Gasteiger partial charge in [0.15, 0.2) is 0 Å². The van der Waals surface area contributed by atoms with Crippen molar-refractivity contribution in [3.05, 3.63) is 47.8 Å². The van der Waals surface area contributed by atoms with E-state index in [-0.39, 0.29) is 5.91 Å². The van der Waals surface area contributed by atoms with Crippen LogP contribution in [0, 0.1) is 6.92 Å². The van der Waals surface area contributed by atoms with E-state index >= 15 is 0 Å². The zero-order valence-corrected chi connectivity index (χ0v) is 12.5. The summed E-state index contributed by atoms with van der Waals surface area (Å²) in [4.78, 5) is 22.7. The molecule has 2 aromatic heterocycles. The number of carbonyl (C=O) groups is 1. The summed E-state index contributed by atoms with van der Waals surface area (Å²) < 4.78 is 1.78. The molecule has 1 amide bonds. The maximum Gasteiger partial charge on any atom is 0.272 e. The molecule has 2 aromatic rings. The number of amides is 1. The molecule has 0 atom stereocenters. The van der Waals surface area contributed by atoms with Gasteiger partial charge in [0.1, 0.15) is 5.69 Å². The van der Waals surface area contributed by atoms with E-state index in [0.29, 0.717) is 11.6 Å². The maximum absolute atomic E-state index is 12.4. The third-order valence-corrected chi connectivity index (χ3v) is 4.22. The first kappa shape index (κ1) is 13.8. The van der Waals surface area contributed by atoms with Crippen LogP contribution in [0.5, 0.6) is 0 Å². The molecule has 1 fully saturated rings.